The third-order valence-corrected chi connectivity index (χ3v) is 4.20. The molecule has 0 aliphatic rings. The zero-order valence-corrected chi connectivity index (χ0v) is 12.4. The monoisotopic (exact) mass is 321 g/mol. The van der Waals surface area contributed by atoms with Gasteiger partial charge in [0.15, 0.2) is 0 Å². The van der Waals surface area contributed by atoms with Gasteiger partial charge in [0, 0.05) is 11.1 Å². The van der Waals surface area contributed by atoms with Gasteiger partial charge < -0.3 is 0 Å². The highest BCUT2D eigenvalue weighted by Gasteiger charge is 2.15. The van der Waals surface area contributed by atoms with E-state index in [1.165, 1.54) is 18.2 Å². The van der Waals surface area contributed by atoms with Gasteiger partial charge in [0.1, 0.15) is 0 Å². The molecule has 0 saturated carbocycles. The van der Waals surface area contributed by atoms with E-state index in [0.29, 0.717) is 5.02 Å². The summed E-state index contributed by atoms with van der Waals surface area (Å²) in [7, 11) is -3.84. The van der Waals surface area contributed by atoms with Crippen molar-refractivity contribution in [2.45, 2.75) is 4.90 Å². The van der Waals surface area contributed by atoms with Gasteiger partial charge in [0.2, 0.25) is 0 Å². The minimum absolute atomic E-state index is 0.0400. The standard InChI is InChI=1S/C15H12ClNO3S/c16-13-9-6-12(7-10-13)8-11-15(18)17-21(19,20)14-4-2-1-3-5-14/h1-11H,(H,17,18)/b11-8+. The molecule has 0 radical (unpaired) electrons. The molecule has 0 aliphatic carbocycles. The van der Waals surface area contributed by atoms with Crippen LogP contribution in [0.2, 0.25) is 5.02 Å². The molecule has 4 nitrogen and oxygen atoms in total. The first kappa shape index (κ1) is 15.3. The van der Waals surface area contributed by atoms with Crippen molar-refractivity contribution >= 4 is 33.6 Å². The number of hydrogen-bond acceptors (Lipinski definition) is 3. The zero-order chi connectivity index (χ0) is 15.3. The molecule has 2 rings (SSSR count). The Kier molecular flexibility index (Phi) is 4.77. The summed E-state index contributed by atoms with van der Waals surface area (Å²) in [5, 5.41) is 0.586. The van der Waals surface area contributed by atoms with Crippen LogP contribution in [0, 0.1) is 0 Å². The van der Waals surface area contributed by atoms with Gasteiger partial charge in [-0.2, -0.15) is 0 Å². The predicted octanol–water partition coefficient (Wildman–Crippen LogP) is 2.86. The van der Waals surface area contributed by atoms with E-state index in [0.717, 1.165) is 11.6 Å². The van der Waals surface area contributed by atoms with Gasteiger partial charge in [-0.05, 0) is 35.9 Å². The second-order valence-electron chi connectivity index (χ2n) is 4.17. The molecule has 108 valence electrons. The second kappa shape index (κ2) is 6.56. The minimum atomic E-state index is -3.84. The van der Waals surface area contributed by atoms with Crippen LogP contribution < -0.4 is 4.72 Å². The molecule has 0 aliphatic heterocycles. The summed E-state index contributed by atoms with van der Waals surface area (Å²) in [5.41, 5.74) is 0.742. The summed E-state index contributed by atoms with van der Waals surface area (Å²) in [5.74, 6) is -0.714. The van der Waals surface area contributed by atoms with Gasteiger partial charge in [-0.1, -0.05) is 41.9 Å². The molecule has 0 saturated heterocycles. The number of amides is 1. The first-order valence-corrected chi connectivity index (χ1v) is 7.89. The molecule has 0 spiro atoms. The maximum absolute atomic E-state index is 11.9. The van der Waals surface area contributed by atoms with Crippen LogP contribution in [0.1, 0.15) is 5.56 Å². The topological polar surface area (TPSA) is 63.2 Å². The molecule has 1 N–H and O–H groups in total. The number of carbonyl (C=O) groups excluding carboxylic acids is 1. The summed E-state index contributed by atoms with van der Waals surface area (Å²) < 4.78 is 25.8. The van der Waals surface area contributed by atoms with Crippen molar-refractivity contribution in [1.82, 2.24) is 4.72 Å². The van der Waals surface area contributed by atoms with Crippen molar-refractivity contribution in [2.24, 2.45) is 0 Å². The number of sulfonamides is 1. The average Bonchev–Trinajstić information content (AvgIpc) is 2.47. The van der Waals surface area contributed by atoms with Crippen LogP contribution in [0.25, 0.3) is 6.08 Å². The van der Waals surface area contributed by atoms with Crippen LogP contribution in [0.15, 0.2) is 65.6 Å². The average molecular weight is 322 g/mol. The lowest BCUT2D eigenvalue weighted by Crippen LogP contribution is -2.28. The molecule has 0 bridgehead atoms. The van der Waals surface area contributed by atoms with Gasteiger partial charge >= 0.3 is 0 Å². The van der Waals surface area contributed by atoms with Crippen LogP contribution in [-0.2, 0) is 14.8 Å². The SMILES string of the molecule is O=C(/C=C/c1ccc(Cl)cc1)NS(=O)(=O)c1ccccc1. The molecule has 0 unspecified atom stereocenters. The Morgan fingerprint density at radius 2 is 1.62 bits per heavy atom. The molecule has 2 aromatic carbocycles. The number of halogens is 1. The fraction of sp³-hybridized carbons (Fsp3) is 0. The van der Waals surface area contributed by atoms with E-state index in [-0.39, 0.29) is 4.90 Å². The Morgan fingerprint density at radius 3 is 2.24 bits per heavy atom. The van der Waals surface area contributed by atoms with Crippen LogP contribution in [-0.4, -0.2) is 14.3 Å². The molecule has 2 aromatic rings. The number of nitrogens with one attached hydrogen (secondary N) is 1. The van der Waals surface area contributed by atoms with Gasteiger partial charge in [-0.15, -0.1) is 0 Å². The highest BCUT2D eigenvalue weighted by molar-refractivity contribution is 7.90. The maximum atomic E-state index is 11.9. The fourth-order valence-electron chi connectivity index (χ4n) is 1.57. The van der Waals surface area contributed by atoms with Crippen molar-refractivity contribution in [3.8, 4) is 0 Å². The summed E-state index contributed by atoms with van der Waals surface area (Å²) in [6, 6.07) is 14.5. The molecule has 0 fully saturated rings. The Balaban J connectivity index is 2.06. The second-order valence-corrected chi connectivity index (χ2v) is 6.29. The third-order valence-electron chi connectivity index (χ3n) is 2.59. The minimum Gasteiger partial charge on any atom is -0.269 e. The van der Waals surface area contributed by atoms with Gasteiger partial charge in [0.05, 0.1) is 4.90 Å². The van der Waals surface area contributed by atoms with Crippen LogP contribution in [0.3, 0.4) is 0 Å². The lowest BCUT2D eigenvalue weighted by Gasteiger charge is -2.04. The zero-order valence-electron chi connectivity index (χ0n) is 10.9. The van der Waals surface area contributed by atoms with E-state index in [1.54, 1.807) is 42.5 Å². The van der Waals surface area contributed by atoms with Crippen LogP contribution in [0.4, 0.5) is 0 Å². The first-order chi connectivity index (χ1) is 9.97. The van der Waals surface area contributed by atoms with Crippen LogP contribution >= 0.6 is 11.6 Å². The predicted molar refractivity (Wildman–Crippen MR) is 82.3 cm³/mol. The number of hydrogen-bond donors (Lipinski definition) is 1. The normalized spacial score (nSPS) is 11.5. The van der Waals surface area contributed by atoms with Gasteiger partial charge in [-0.3, -0.25) is 4.79 Å². The first-order valence-electron chi connectivity index (χ1n) is 6.03. The number of rotatable bonds is 4. The maximum Gasteiger partial charge on any atom is 0.264 e. The van der Waals surface area contributed by atoms with Gasteiger partial charge in [-0.25, -0.2) is 13.1 Å². The summed E-state index contributed by atoms with van der Waals surface area (Å²) in [6.45, 7) is 0. The lowest BCUT2D eigenvalue weighted by atomic mass is 10.2. The molecule has 0 aromatic heterocycles. The smallest absolute Gasteiger partial charge is 0.264 e. The Morgan fingerprint density at radius 1 is 1.00 bits per heavy atom. The molecular weight excluding hydrogens is 310 g/mol. The molecule has 6 heteroatoms. The fourth-order valence-corrected chi connectivity index (χ4v) is 2.66. The molecule has 1 amide bonds. The van der Waals surface area contributed by atoms with E-state index >= 15 is 0 Å². The van der Waals surface area contributed by atoms with Crippen molar-refractivity contribution in [3.05, 3.63) is 71.3 Å². The van der Waals surface area contributed by atoms with Crippen molar-refractivity contribution in [3.63, 3.8) is 0 Å². The Bertz CT molecular complexity index is 753. The van der Waals surface area contributed by atoms with E-state index in [2.05, 4.69) is 0 Å². The van der Waals surface area contributed by atoms with E-state index in [1.807, 2.05) is 4.72 Å². The van der Waals surface area contributed by atoms with Gasteiger partial charge in [0.25, 0.3) is 15.9 Å². The highest BCUT2D eigenvalue weighted by Crippen LogP contribution is 2.11. The third kappa shape index (κ3) is 4.44. The molecular formula is C15H12ClNO3S. The summed E-state index contributed by atoms with van der Waals surface area (Å²) in [4.78, 5) is 11.7. The molecule has 0 atom stereocenters. The number of carbonyl (C=O) groups is 1. The van der Waals surface area contributed by atoms with Crippen molar-refractivity contribution < 1.29 is 13.2 Å². The Labute approximate surface area is 128 Å². The van der Waals surface area contributed by atoms with Crippen molar-refractivity contribution in [2.75, 3.05) is 0 Å². The molecule has 21 heavy (non-hydrogen) atoms. The Hall–Kier alpha value is -2.11. The summed E-state index contributed by atoms with van der Waals surface area (Å²) in [6.07, 6.45) is 2.66. The summed E-state index contributed by atoms with van der Waals surface area (Å²) >= 11 is 5.75. The van der Waals surface area contributed by atoms with Crippen LogP contribution in [0.5, 0.6) is 0 Å². The van der Waals surface area contributed by atoms with Crippen molar-refractivity contribution in [1.29, 1.82) is 0 Å². The van der Waals surface area contributed by atoms with E-state index < -0.39 is 15.9 Å². The number of benzene rings is 2. The molecule has 0 heterocycles. The van der Waals surface area contributed by atoms with E-state index in [4.69, 9.17) is 11.6 Å². The van der Waals surface area contributed by atoms with E-state index in [9.17, 15) is 13.2 Å². The lowest BCUT2D eigenvalue weighted by molar-refractivity contribution is -0.114. The highest BCUT2D eigenvalue weighted by atomic mass is 35.5. The quantitative estimate of drug-likeness (QED) is 0.881. The largest absolute Gasteiger partial charge is 0.269 e.